The summed E-state index contributed by atoms with van der Waals surface area (Å²) in [4.78, 5) is 4.46. The summed E-state index contributed by atoms with van der Waals surface area (Å²) in [5, 5.41) is 4.25. The summed E-state index contributed by atoms with van der Waals surface area (Å²) in [5.74, 6) is 0.270. The summed E-state index contributed by atoms with van der Waals surface area (Å²) in [5.41, 5.74) is 3.48. The van der Waals surface area contributed by atoms with Crippen molar-refractivity contribution in [3.63, 3.8) is 0 Å². The molecule has 4 rings (SSSR count). The second-order valence-corrected chi connectivity index (χ2v) is 5.56. The number of aromatic nitrogens is 4. The number of halogens is 1. The van der Waals surface area contributed by atoms with Crippen LogP contribution < -0.4 is 0 Å². The van der Waals surface area contributed by atoms with Gasteiger partial charge in [-0.1, -0.05) is 0 Å². The summed E-state index contributed by atoms with van der Waals surface area (Å²) in [6.07, 6.45) is 9.82. The lowest BCUT2D eigenvalue weighted by atomic mass is 10.2. The number of fused-ring (bicyclic) bond motifs is 1. The second kappa shape index (κ2) is 4.16. The van der Waals surface area contributed by atoms with Gasteiger partial charge in [-0.2, -0.15) is 5.10 Å². The number of pyridine rings is 1. The van der Waals surface area contributed by atoms with Crippen molar-refractivity contribution in [1.29, 1.82) is 0 Å². The van der Waals surface area contributed by atoms with Gasteiger partial charge in [0.2, 0.25) is 0 Å². The molecular weight excluding hydrogens is 255 g/mol. The van der Waals surface area contributed by atoms with Gasteiger partial charge in [-0.3, -0.25) is 4.68 Å². The summed E-state index contributed by atoms with van der Waals surface area (Å²) in [7, 11) is 0. The Labute approximate surface area is 115 Å². The summed E-state index contributed by atoms with van der Waals surface area (Å²) < 4.78 is 17.7. The van der Waals surface area contributed by atoms with E-state index in [-0.39, 0.29) is 5.82 Å². The normalized spacial score (nSPS) is 15.1. The Morgan fingerprint density at radius 3 is 2.85 bits per heavy atom. The molecule has 3 aromatic rings. The van der Waals surface area contributed by atoms with E-state index in [1.165, 1.54) is 6.07 Å². The zero-order chi connectivity index (χ0) is 13.7. The fraction of sp³-hybridized carbons (Fsp3) is 0.333. The molecule has 0 radical (unpaired) electrons. The van der Waals surface area contributed by atoms with Gasteiger partial charge in [0.1, 0.15) is 11.5 Å². The predicted molar refractivity (Wildman–Crippen MR) is 73.2 cm³/mol. The van der Waals surface area contributed by atoms with E-state index in [1.54, 1.807) is 0 Å². The van der Waals surface area contributed by atoms with Gasteiger partial charge in [-0.05, 0) is 31.2 Å². The van der Waals surface area contributed by atoms with Gasteiger partial charge in [0.25, 0.3) is 0 Å². The molecule has 0 amide bonds. The first-order valence-corrected chi connectivity index (χ1v) is 6.85. The molecule has 0 spiro atoms. The zero-order valence-corrected chi connectivity index (χ0v) is 11.3. The maximum absolute atomic E-state index is 14.0. The third-order valence-electron chi connectivity index (χ3n) is 3.72. The van der Waals surface area contributed by atoms with Crippen LogP contribution in [0, 0.1) is 12.7 Å². The fourth-order valence-corrected chi connectivity index (χ4v) is 2.57. The lowest BCUT2D eigenvalue weighted by Crippen LogP contribution is -1.99. The van der Waals surface area contributed by atoms with Crippen LogP contribution in [0.4, 0.5) is 4.39 Å². The quantitative estimate of drug-likeness (QED) is 0.733. The van der Waals surface area contributed by atoms with E-state index in [1.807, 2.05) is 40.8 Å². The summed E-state index contributed by atoms with van der Waals surface area (Å²) in [6.45, 7) is 2.61. The van der Waals surface area contributed by atoms with E-state index >= 15 is 0 Å². The third-order valence-corrected chi connectivity index (χ3v) is 3.72. The Bertz CT molecular complexity index is 782. The topological polar surface area (TPSA) is 35.1 Å². The maximum atomic E-state index is 14.0. The highest BCUT2D eigenvalue weighted by molar-refractivity contribution is 5.43. The maximum Gasteiger partial charge on any atom is 0.140 e. The third kappa shape index (κ3) is 1.99. The van der Waals surface area contributed by atoms with Gasteiger partial charge in [-0.25, -0.2) is 9.37 Å². The number of hydrogen-bond donors (Lipinski definition) is 0. The number of imidazole rings is 1. The monoisotopic (exact) mass is 270 g/mol. The van der Waals surface area contributed by atoms with Crippen LogP contribution in [0.3, 0.4) is 0 Å². The van der Waals surface area contributed by atoms with Crippen molar-refractivity contribution >= 4 is 5.65 Å². The fourth-order valence-electron chi connectivity index (χ4n) is 2.57. The molecule has 1 aliphatic carbocycles. The van der Waals surface area contributed by atoms with Gasteiger partial charge in [-0.15, -0.1) is 0 Å². The predicted octanol–water partition coefficient (Wildman–Crippen LogP) is 2.90. The zero-order valence-electron chi connectivity index (χ0n) is 11.3. The Balaban J connectivity index is 1.71. The molecular formula is C15H15FN4. The molecule has 1 saturated carbocycles. The average molecular weight is 270 g/mol. The summed E-state index contributed by atoms with van der Waals surface area (Å²) >= 11 is 0. The van der Waals surface area contributed by atoms with E-state index in [0.717, 1.165) is 29.7 Å². The van der Waals surface area contributed by atoms with Crippen LogP contribution in [0.15, 0.2) is 30.9 Å². The van der Waals surface area contributed by atoms with Crippen molar-refractivity contribution in [1.82, 2.24) is 19.2 Å². The standard InChI is InChI=1S/C15H15FN4/c1-10-5-17-20(6-10)8-12-7-19-9-13(11-2-3-11)14(16)4-15(19)18-12/h4-7,9,11H,2-3,8H2,1H3. The van der Waals surface area contributed by atoms with Gasteiger partial charge in [0.15, 0.2) is 0 Å². The van der Waals surface area contributed by atoms with Crippen LogP contribution in [-0.4, -0.2) is 19.2 Å². The van der Waals surface area contributed by atoms with Gasteiger partial charge < -0.3 is 4.40 Å². The highest BCUT2D eigenvalue weighted by Gasteiger charge is 2.27. The molecule has 3 aromatic heterocycles. The minimum Gasteiger partial charge on any atom is -0.306 e. The molecule has 0 bridgehead atoms. The van der Waals surface area contributed by atoms with Crippen LogP contribution in [0.1, 0.15) is 35.6 Å². The Morgan fingerprint density at radius 2 is 2.15 bits per heavy atom. The smallest absolute Gasteiger partial charge is 0.140 e. The minimum atomic E-state index is -0.132. The van der Waals surface area contributed by atoms with E-state index < -0.39 is 0 Å². The van der Waals surface area contributed by atoms with Crippen molar-refractivity contribution in [2.24, 2.45) is 0 Å². The van der Waals surface area contributed by atoms with E-state index in [9.17, 15) is 4.39 Å². The lowest BCUT2D eigenvalue weighted by molar-refractivity contribution is 0.608. The van der Waals surface area contributed by atoms with E-state index in [0.29, 0.717) is 18.1 Å². The molecule has 0 aliphatic heterocycles. The van der Waals surface area contributed by atoms with Crippen LogP contribution in [0.25, 0.3) is 5.65 Å². The Kier molecular flexibility index (Phi) is 2.42. The molecule has 1 aliphatic rings. The van der Waals surface area contributed by atoms with Crippen molar-refractivity contribution < 1.29 is 4.39 Å². The Hall–Kier alpha value is -2.17. The van der Waals surface area contributed by atoms with E-state index in [4.69, 9.17) is 0 Å². The molecule has 0 saturated heterocycles. The van der Waals surface area contributed by atoms with Crippen molar-refractivity contribution in [2.45, 2.75) is 32.2 Å². The van der Waals surface area contributed by atoms with Crippen LogP contribution in [0.5, 0.6) is 0 Å². The number of hydrogen-bond acceptors (Lipinski definition) is 2. The molecule has 1 fully saturated rings. The largest absolute Gasteiger partial charge is 0.306 e. The Morgan fingerprint density at radius 1 is 1.30 bits per heavy atom. The molecule has 4 nitrogen and oxygen atoms in total. The van der Waals surface area contributed by atoms with Gasteiger partial charge in [0, 0.05) is 30.2 Å². The molecule has 3 heterocycles. The average Bonchev–Trinajstić information content (AvgIpc) is 3.06. The number of nitrogens with zero attached hydrogens (tertiary/aromatic N) is 4. The second-order valence-electron chi connectivity index (χ2n) is 5.56. The molecule has 20 heavy (non-hydrogen) atoms. The lowest BCUT2D eigenvalue weighted by Gasteiger charge is -2.01. The molecule has 0 aromatic carbocycles. The van der Waals surface area contributed by atoms with E-state index in [2.05, 4.69) is 10.1 Å². The molecule has 0 atom stereocenters. The SMILES string of the molecule is Cc1cnn(Cc2cn3cc(C4CC4)c(F)cc3n2)c1. The van der Waals surface area contributed by atoms with Gasteiger partial charge in [0.05, 0.1) is 18.4 Å². The van der Waals surface area contributed by atoms with Crippen LogP contribution >= 0.6 is 0 Å². The summed E-state index contributed by atoms with van der Waals surface area (Å²) in [6, 6.07) is 1.53. The number of aryl methyl sites for hydroxylation is 1. The van der Waals surface area contributed by atoms with Crippen LogP contribution in [-0.2, 0) is 6.54 Å². The highest BCUT2D eigenvalue weighted by atomic mass is 19.1. The van der Waals surface area contributed by atoms with Crippen molar-refractivity contribution in [3.8, 4) is 0 Å². The number of rotatable bonds is 3. The highest BCUT2D eigenvalue weighted by Crippen LogP contribution is 2.41. The van der Waals surface area contributed by atoms with Crippen molar-refractivity contribution in [3.05, 3.63) is 53.5 Å². The molecule has 102 valence electrons. The molecule has 0 N–H and O–H groups in total. The molecule has 5 heteroatoms. The van der Waals surface area contributed by atoms with Crippen molar-refractivity contribution in [2.75, 3.05) is 0 Å². The van der Waals surface area contributed by atoms with Crippen LogP contribution in [0.2, 0.25) is 0 Å². The molecule has 0 unspecified atom stereocenters. The minimum absolute atomic E-state index is 0.132. The first-order valence-electron chi connectivity index (χ1n) is 6.85. The van der Waals surface area contributed by atoms with Gasteiger partial charge >= 0.3 is 0 Å². The first kappa shape index (κ1) is 11.6. The first-order chi connectivity index (χ1) is 9.69.